The van der Waals surface area contributed by atoms with Crippen LogP contribution in [0.25, 0.3) is 0 Å². The minimum Gasteiger partial charge on any atom is -0.463 e. The van der Waals surface area contributed by atoms with E-state index in [1.807, 2.05) is 6.92 Å². The Kier molecular flexibility index (Phi) is 9.24. The molecule has 4 nitrogen and oxygen atoms in total. The van der Waals surface area contributed by atoms with Gasteiger partial charge in [-0.1, -0.05) is 13.3 Å². The van der Waals surface area contributed by atoms with E-state index in [0.717, 1.165) is 12.8 Å². The first-order valence-electron chi connectivity index (χ1n) is 6.44. The second-order valence-electron chi connectivity index (χ2n) is 4.01. The summed E-state index contributed by atoms with van der Waals surface area (Å²) in [6, 6.07) is 0. The van der Waals surface area contributed by atoms with Crippen LogP contribution in [0.15, 0.2) is 11.6 Å². The van der Waals surface area contributed by atoms with Crippen LogP contribution in [-0.4, -0.2) is 38.8 Å². The maximum atomic E-state index is 12.8. The molecule has 118 valence electrons. The van der Waals surface area contributed by atoms with Gasteiger partial charge in [0, 0.05) is 31.8 Å². The van der Waals surface area contributed by atoms with Gasteiger partial charge < -0.3 is 14.2 Å². The summed E-state index contributed by atoms with van der Waals surface area (Å²) >= 11 is 0. The van der Waals surface area contributed by atoms with Gasteiger partial charge in [0.05, 0.1) is 6.61 Å². The van der Waals surface area contributed by atoms with Crippen molar-refractivity contribution in [3.63, 3.8) is 0 Å². The predicted molar refractivity (Wildman–Crippen MR) is 67.0 cm³/mol. The largest absolute Gasteiger partial charge is 0.463 e. The maximum Gasteiger partial charge on any atom is 0.413 e. The lowest BCUT2D eigenvalue weighted by Gasteiger charge is -2.19. The zero-order valence-electron chi connectivity index (χ0n) is 12.0. The summed E-state index contributed by atoms with van der Waals surface area (Å²) in [5.74, 6) is -1.02. The zero-order chi connectivity index (χ0) is 15.6. The summed E-state index contributed by atoms with van der Waals surface area (Å²) < 4.78 is 53.0. The molecule has 20 heavy (non-hydrogen) atoms. The molecule has 0 radical (unpaired) electrons. The Hall–Kier alpha value is -1.08. The standard InChI is InChI=1S/C13H21F3O4/c1-4-6-7-20-12(18-3)9-10(13(14,15)16)8-11(17)19-5-2/h8,12H,4-7,9H2,1-3H3. The number of alkyl halides is 3. The molecule has 0 N–H and O–H groups in total. The molecular weight excluding hydrogens is 277 g/mol. The number of methoxy groups -OCH3 is 1. The van der Waals surface area contributed by atoms with Gasteiger partial charge in [-0.3, -0.25) is 0 Å². The van der Waals surface area contributed by atoms with Crippen molar-refractivity contribution < 1.29 is 32.2 Å². The van der Waals surface area contributed by atoms with Gasteiger partial charge in [0.25, 0.3) is 0 Å². The third-order valence-electron chi connectivity index (χ3n) is 2.39. The average Bonchev–Trinajstić information content (AvgIpc) is 2.35. The number of carbonyl (C=O) groups excluding carboxylic acids is 1. The van der Waals surface area contributed by atoms with E-state index in [2.05, 4.69) is 4.74 Å². The number of halogens is 3. The minimum atomic E-state index is -4.63. The van der Waals surface area contributed by atoms with E-state index in [0.29, 0.717) is 12.7 Å². The third kappa shape index (κ3) is 8.16. The van der Waals surface area contributed by atoms with Gasteiger partial charge in [0.1, 0.15) is 0 Å². The molecule has 0 heterocycles. The molecule has 0 aliphatic carbocycles. The van der Waals surface area contributed by atoms with Crippen LogP contribution in [0.1, 0.15) is 33.1 Å². The summed E-state index contributed by atoms with van der Waals surface area (Å²) in [5, 5.41) is 0. The van der Waals surface area contributed by atoms with Crippen molar-refractivity contribution in [2.75, 3.05) is 20.3 Å². The van der Waals surface area contributed by atoms with Crippen molar-refractivity contribution in [2.45, 2.75) is 45.6 Å². The molecule has 0 amide bonds. The van der Waals surface area contributed by atoms with E-state index in [1.54, 1.807) is 0 Å². The Labute approximate surface area is 116 Å². The van der Waals surface area contributed by atoms with Crippen LogP contribution in [0.4, 0.5) is 13.2 Å². The molecular formula is C13H21F3O4. The summed E-state index contributed by atoms with van der Waals surface area (Å²) in [4.78, 5) is 11.2. The molecule has 0 aromatic rings. The molecule has 7 heteroatoms. The number of carbonyl (C=O) groups is 1. The van der Waals surface area contributed by atoms with Crippen LogP contribution >= 0.6 is 0 Å². The van der Waals surface area contributed by atoms with Crippen molar-refractivity contribution in [3.05, 3.63) is 11.6 Å². The molecule has 0 aliphatic rings. The maximum absolute atomic E-state index is 12.8. The molecule has 1 atom stereocenters. The van der Waals surface area contributed by atoms with Crippen LogP contribution in [-0.2, 0) is 19.0 Å². The quantitative estimate of drug-likeness (QED) is 0.284. The summed E-state index contributed by atoms with van der Waals surface area (Å²) in [6.07, 6.45) is -4.19. The molecule has 0 saturated heterocycles. The Bertz CT molecular complexity index is 313. The lowest BCUT2D eigenvalue weighted by Crippen LogP contribution is -2.23. The minimum absolute atomic E-state index is 0.0151. The van der Waals surface area contributed by atoms with Gasteiger partial charge in [-0.2, -0.15) is 13.2 Å². The first-order valence-corrected chi connectivity index (χ1v) is 6.44. The highest BCUT2D eigenvalue weighted by molar-refractivity contribution is 5.83. The molecule has 0 fully saturated rings. The van der Waals surface area contributed by atoms with E-state index >= 15 is 0 Å². The van der Waals surface area contributed by atoms with Gasteiger partial charge >= 0.3 is 12.1 Å². The van der Waals surface area contributed by atoms with Crippen molar-refractivity contribution >= 4 is 5.97 Å². The fourth-order valence-corrected chi connectivity index (χ4v) is 1.33. The third-order valence-corrected chi connectivity index (χ3v) is 2.39. The van der Waals surface area contributed by atoms with Crippen LogP contribution in [0.2, 0.25) is 0 Å². The van der Waals surface area contributed by atoms with Gasteiger partial charge in [-0.25, -0.2) is 4.79 Å². The normalized spacial score (nSPS) is 14.2. The highest BCUT2D eigenvalue weighted by Crippen LogP contribution is 2.30. The average molecular weight is 298 g/mol. The van der Waals surface area contributed by atoms with Crippen molar-refractivity contribution in [1.29, 1.82) is 0 Å². The number of esters is 1. The summed E-state index contributed by atoms with van der Waals surface area (Å²) in [7, 11) is 1.26. The number of hydrogen-bond acceptors (Lipinski definition) is 4. The number of ether oxygens (including phenoxy) is 3. The smallest absolute Gasteiger partial charge is 0.413 e. The van der Waals surface area contributed by atoms with Gasteiger partial charge in [0.2, 0.25) is 0 Å². The SMILES string of the molecule is CCCCOC(CC(=CC(=O)OCC)C(F)(F)F)OC. The van der Waals surface area contributed by atoms with Crippen LogP contribution in [0.3, 0.4) is 0 Å². The van der Waals surface area contributed by atoms with E-state index in [9.17, 15) is 18.0 Å². The molecule has 0 spiro atoms. The van der Waals surface area contributed by atoms with Crippen LogP contribution in [0.5, 0.6) is 0 Å². The Morgan fingerprint density at radius 3 is 2.40 bits per heavy atom. The fourth-order valence-electron chi connectivity index (χ4n) is 1.33. The Morgan fingerprint density at radius 1 is 1.30 bits per heavy atom. The Balaban J connectivity index is 4.74. The number of unbranched alkanes of at least 4 members (excludes halogenated alkanes) is 1. The van der Waals surface area contributed by atoms with Crippen LogP contribution in [0, 0.1) is 0 Å². The van der Waals surface area contributed by atoms with Crippen LogP contribution < -0.4 is 0 Å². The fraction of sp³-hybridized carbons (Fsp3) is 0.769. The lowest BCUT2D eigenvalue weighted by molar-refractivity contribution is -0.145. The highest BCUT2D eigenvalue weighted by Gasteiger charge is 2.36. The zero-order valence-corrected chi connectivity index (χ0v) is 12.0. The predicted octanol–water partition coefficient (Wildman–Crippen LogP) is 3.22. The van der Waals surface area contributed by atoms with Gasteiger partial charge in [0.15, 0.2) is 6.29 Å². The Morgan fingerprint density at radius 2 is 1.95 bits per heavy atom. The molecule has 0 saturated carbocycles. The molecule has 0 bridgehead atoms. The first-order chi connectivity index (χ1) is 9.35. The van der Waals surface area contributed by atoms with Gasteiger partial charge in [-0.15, -0.1) is 0 Å². The topological polar surface area (TPSA) is 44.8 Å². The monoisotopic (exact) mass is 298 g/mol. The molecule has 0 rings (SSSR count). The van der Waals surface area contributed by atoms with E-state index in [1.165, 1.54) is 14.0 Å². The first kappa shape index (κ1) is 18.9. The van der Waals surface area contributed by atoms with Crippen molar-refractivity contribution in [1.82, 2.24) is 0 Å². The summed E-state index contributed by atoms with van der Waals surface area (Å²) in [6.45, 7) is 3.78. The van der Waals surface area contributed by atoms with Gasteiger partial charge in [-0.05, 0) is 13.3 Å². The van der Waals surface area contributed by atoms with E-state index in [-0.39, 0.29) is 6.61 Å². The number of hydrogen-bond donors (Lipinski definition) is 0. The molecule has 1 unspecified atom stereocenters. The second-order valence-corrected chi connectivity index (χ2v) is 4.01. The second kappa shape index (κ2) is 9.77. The summed E-state index contributed by atoms with van der Waals surface area (Å²) in [5.41, 5.74) is -1.03. The highest BCUT2D eigenvalue weighted by atomic mass is 19.4. The van der Waals surface area contributed by atoms with E-state index < -0.39 is 30.4 Å². The molecule has 0 aromatic carbocycles. The lowest BCUT2D eigenvalue weighted by atomic mass is 10.1. The van der Waals surface area contributed by atoms with Crippen molar-refractivity contribution in [2.24, 2.45) is 0 Å². The molecule has 0 aliphatic heterocycles. The van der Waals surface area contributed by atoms with Crippen molar-refractivity contribution in [3.8, 4) is 0 Å². The molecule has 0 aromatic heterocycles. The van der Waals surface area contributed by atoms with E-state index in [4.69, 9.17) is 9.47 Å². The number of rotatable bonds is 9.